The molecule has 0 aromatic heterocycles. The normalized spacial score (nSPS) is 54.9. The Morgan fingerprint density at radius 1 is 1.55 bits per heavy atom. The molecule has 0 radical (unpaired) electrons. The standard InChI is InChI=1S/C9H14O2/c1-8-4-3-7(8)9(2,5-10)11-6-8/h5,7H,3-4,6H2,1-2H3/t7-,8-,9?/m0/s1. The van der Waals surface area contributed by atoms with Crippen molar-refractivity contribution in [2.45, 2.75) is 32.3 Å². The third kappa shape index (κ3) is 0.734. The van der Waals surface area contributed by atoms with Crippen molar-refractivity contribution in [1.29, 1.82) is 0 Å². The monoisotopic (exact) mass is 154 g/mol. The number of carbonyl (C=O) groups excluding carboxylic acids is 1. The van der Waals surface area contributed by atoms with Crippen LogP contribution in [0.1, 0.15) is 26.7 Å². The lowest BCUT2D eigenvalue weighted by atomic mass is 9.58. The highest BCUT2D eigenvalue weighted by Crippen LogP contribution is 2.57. The fourth-order valence-electron chi connectivity index (χ4n) is 2.47. The zero-order valence-corrected chi connectivity index (χ0v) is 7.09. The number of carbonyl (C=O) groups is 1. The largest absolute Gasteiger partial charge is 0.367 e. The van der Waals surface area contributed by atoms with E-state index in [4.69, 9.17) is 4.74 Å². The smallest absolute Gasteiger partial charge is 0.151 e. The van der Waals surface area contributed by atoms with Crippen LogP contribution >= 0.6 is 0 Å². The minimum absolute atomic E-state index is 0.315. The summed E-state index contributed by atoms with van der Waals surface area (Å²) in [5.41, 5.74) is -0.150. The van der Waals surface area contributed by atoms with Gasteiger partial charge < -0.3 is 9.53 Å². The van der Waals surface area contributed by atoms with Gasteiger partial charge in [-0.05, 0) is 25.2 Å². The Morgan fingerprint density at radius 2 is 2.27 bits per heavy atom. The van der Waals surface area contributed by atoms with Gasteiger partial charge in [0.05, 0.1) is 6.61 Å². The van der Waals surface area contributed by atoms with E-state index in [2.05, 4.69) is 6.92 Å². The van der Waals surface area contributed by atoms with Crippen LogP contribution in [0, 0.1) is 11.3 Å². The van der Waals surface area contributed by atoms with Gasteiger partial charge in [-0.25, -0.2) is 0 Å². The van der Waals surface area contributed by atoms with E-state index in [1.54, 1.807) is 0 Å². The first-order valence-corrected chi connectivity index (χ1v) is 4.21. The number of hydrogen-bond acceptors (Lipinski definition) is 2. The van der Waals surface area contributed by atoms with Crippen LogP contribution in [0.2, 0.25) is 0 Å². The third-order valence-electron chi connectivity index (χ3n) is 3.48. The molecule has 0 aromatic carbocycles. The van der Waals surface area contributed by atoms with Crippen LogP contribution in [0.5, 0.6) is 0 Å². The van der Waals surface area contributed by atoms with E-state index in [1.807, 2.05) is 6.92 Å². The molecule has 2 fully saturated rings. The summed E-state index contributed by atoms with van der Waals surface area (Å²) < 4.78 is 5.51. The molecule has 2 rings (SSSR count). The molecule has 11 heavy (non-hydrogen) atoms. The van der Waals surface area contributed by atoms with Crippen molar-refractivity contribution >= 4 is 6.29 Å². The summed E-state index contributed by atoms with van der Waals surface area (Å²) in [5.74, 6) is 0.479. The van der Waals surface area contributed by atoms with Gasteiger partial charge in [0.1, 0.15) is 5.60 Å². The van der Waals surface area contributed by atoms with Crippen LogP contribution in [0.4, 0.5) is 0 Å². The molecule has 1 saturated heterocycles. The van der Waals surface area contributed by atoms with E-state index in [9.17, 15) is 4.79 Å². The molecule has 0 aromatic rings. The number of hydrogen-bond donors (Lipinski definition) is 0. The van der Waals surface area contributed by atoms with Gasteiger partial charge in [0, 0.05) is 5.92 Å². The van der Waals surface area contributed by atoms with Gasteiger partial charge in [-0.15, -0.1) is 0 Å². The molecule has 2 heteroatoms. The lowest BCUT2D eigenvalue weighted by Crippen LogP contribution is -2.45. The summed E-state index contributed by atoms with van der Waals surface area (Å²) in [6, 6.07) is 0. The molecule has 0 amide bonds. The van der Waals surface area contributed by atoms with Crippen LogP contribution in [-0.4, -0.2) is 18.5 Å². The fraction of sp³-hybridized carbons (Fsp3) is 0.889. The Labute approximate surface area is 66.9 Å². The summed E-state index contributed by atoms with van der Waals surface area (Å²) >= 11 is 0. The quantitative estimate of drug-likeness (QED) is 0.533. The maximum Gasteiger partial charge on any atom is 0.151 e. The van der Waals surface area contributed by atoms with Gasteiger partial charge >= 0.3 is 0 Å². The van der Waals surface area contributed by atoms with Gasteiger partial charge in [0.15, 0.2) is 6.29 Å². The molecule has 1 heterocycles. The average Bonchev–Trinajstić information content (AvgIpc) is 2.12. The lowest BCUT2D eigenvalue weighted by Gasteiger charge is -2.44. The maximum atomic E-state index is 10.7. The van der Waals surface area contributed by atoms with Gasteiger partial charge in [-0.2, -0.15) is 0 Å². The Kier molecular flexibility index (Phi) is 1.23. The number of ether oxygens (including phenoxy) is 1. The topological polar surface area (TPSA) is 26.3 Å². The van der Waals surface area contributed by atoms with E-state index < -0.39 is 5.60 Å². The van der Waals surface area contributed by atoms with Gasteiger partial charge in [-0.3, -0.25) is 0 Å². The average molecular weight is 154 g/mol. The summed E-state index contributed by atoms with van der Waals surface area (Å²) in [5, 5.41) is 0. The van der Waals surface area contributed by atoms with Crippen molar-refractivity contribution in [2.24, 2.45) is 11.3 Å². The van der Waals surface area contributed by atoms with Crippen LogP contribution < -0.4 is 0 Å². The molecule has 0 bridgehead atoms. The van der Waals surface area contributed by atoms with E-state index in [1.165, 1.54) is 6.42 Å². The zero-order valence-electron chi connectivity index (χ0n) is 7.09. The first-order valence-electron chi connectivity index (χ1n) is 4.21. The van der Waals surface area contributed by atoms with Gasteiger partial charge in [-0.1, -0.05) is 6.92 Å². The highest BCUT2D eigenvalue weighted by Gasteiger charge is 2.58. The van der Waals surface area contributed by atoms with E-state index in [-0.39, 0.29) is 0 Å². The Balaban J connectivity index is 2.25. The highest BCUT2D eigenvalue weighted by atomic mass is 16.5. The SMILES string of the molecule is CC1(C=O)OC[C@]2(C)CC[C@H]12. The molecular formula is C9H14O2. The van der Waals surface area contributed by atoms with Crippen molar-refractivity contribution in [1.82, 2.24) is 0 Å². The summed E-state index contributed by atoms with van der Waals surface area (Å²) in [7, 11) is 0. The summed E-state index contributed by atoms with van der Waals surface area (Å²) in [6.07, 6.45) is 3.36. The van der Waals surface area contributed by atoms with Crippen LogP contribution in [0.3, 0.4) is 0 Å². The van der Waals surface area contributed by atoms with Crippen molar-refractivity contribution in [3.8, 4) is 0 Å². The van der Waals surface area contributed by atoms with Crippen LogP contribution in [-0.2, 0) is 9.53 Å². The Hall–Kier alpha value is -0.370. The fourth-order valence-corrected chi connectivity index (χ4v) is 2.47. The second kappa shape index (κ2) is 1.86. The lowest BCUT2D eigenvalue weighted by molar-refractivity contribution is -0.128. The molecule has 1 saturated carbocycles. The molecule has 0 spiro atoms. The zero-order chi connectivity index (χ0) is 8.11. The second-order valence-corrected chi connectivity index (χ2v) is 4.34. The molecule has 1 aliphatic carbocycles. The predicted octanol–water partition coefficient (Wildman–Crippen LogP) is 1.39. The highest BCUT2D eigenvalue weighted by molar-refractivity contribution is 5.64. The van der Waals surface area contributed by atoms with Crippen LogP contribution in [0.15, 0.2) is 0 Å². The number of rotatable bonds is 1. The van der Waals surface area contributed by atoms with E-state index in [0.29, 0.717) is 11.3 Å². The van der Waals surface area contributed by atoms with E-state index in [0.717, 1.165) is 19.3 Å². The summed E-state index contributed by atoms with van der Waals surface area (Å²) in [6.45, 7) is 4.90. The van der Waals surface area contributed by atoms with Crippen LogP contribution in [0.25, 0.3) is 0 Å². The van der Waals surface area contributed by atoms with E-state index >= 15 is 0 Å². The predicted molar refractivity (Wildman–Crippen MR) is 41.3 cm³/mol. The van der Waals surface area contributed by atoms with Crippen molar-refractivity contribution < 1.29 is 9.53 Å². The molecule has 0 N–H and O–H groups in total. The first-order chi connectivity index (χ1) is 5.11. The minimum atomic E-state index is -0.465. The number of aldehydes is 1. The van der Waals surface area contributed by atoms with Crippen molar-refractivity contribution in [3.63, 3.8) is 0 Å². The molecule has 2 nitrogen and oxygen atoms in total. The summed E-state index contributed by atoms with van der Waals surface area (Å²) in [4.78, 5) is 10.7. The molecule has 62 valence electrons. The molecule has 3 atom stereocenters. The maximum absolute atomic E-state index is 10.7. The second-order valence-electron chi connectivity index (χ2n) is 4.34. The van der Waals surface area contributed by atoms with Gasteiger partial charge in [0.2, 0.25) is 0 Å². The Bertz CT molecular complexity index is 202. The third-order valence-corrected chi connectivity index (χ3v) is 3.48. The molecule has 2 aliphatic rings. The molecule has 1 unspecified atom stereocenters. The number of fused-ring (bicyclic) bond motifs is 1. The molecule has 1 aliphatic heterocycles. The minimum Gasteiger partial charge on any atom is -0.367 e. The van der Waals surface area contributed by atoms with Crippen molar-refractivity contribution in [2.75, 3.05) is 6.61 Å². The molecular weight excluding hydrogens is 140 g/mol. The van der Waals surface area contributed by atoms with Crippen molar-refractivity contribution in [3.05, 3.63) is 0 Å². The van der Waals surface area contributed by atoms with Gasteiger partial charge in [0.25, 0.3) is 0 Å². The first kappa shape index (κ1) is 7.29. The Morgan fingerprint density at radius 3 is 2.55 bits per heavy atom.